The van der Waals surface area contributed by atoms with Gasteiger partial charge in [-0.05, 0) is 26.2 Å². The van der Waals surface area contributed by atoms with Crippen molar-refractivity contribution in [2.75, 3.05) is 19.6 Å². The van der Waals surface area contributed by atoms with Crippen LogP contribution in [0.15, 0.2) is 4.99 Å². The van der Waals surface area contributed by atoms with Gasteiger partial charge in [-0.3, -0.25) is 9.79 Å². The third kappa shape index (κ3) is 9.50. The Hall–Kier alpha value is -0.740. The first-order valence-electron chi connectivity index (χ1n) is 8.63. The highest BCUT2D eigenvalue weighted by molar-refractivity contribution is 14.0. The zero-order chi connectivity index (χ0) is 18.2. The van der Waals surface area contributed by atoms with Gasteiger partial charge in [0.05, 0.1) is 12.5 Å². The van der Waals surface area contributed by atoms with Gasteiger partial charge in [0.15, 0.2) is 5.96 Å². The largest absolute Gasteiger partial charge is 0.391 e. The molecule has 0 aromatic heterocycles. The van der Waals surface area contributed by atoms with Crippen molar-refractivity contribution in [2.45, 2.75) is 58.7 Å². The van der Waals surface area contributed by atoms with Crippen LogP contribution < -0.4 is 16.0 Å². The van der Waals surface area contributed by atoms with E-state index in [4.69, 9.17) is 0 Å². The number of guanidine groups is 1. The molecule has 1 aliphatic carbocycles. The van der Waals surface area contributed by atoms with Gasteiger partial charge in [0, 0.05) is 25.0 Å². The summed E-state index contributed by atoms with van der Waals surface area (Å²) in [6.07, 6.45) is -2.57. The molecule has 0 aromatic rings. The number of aliphatic imine (C=N–C) groups is 1. The highest BCUT2D eigenvalue weighted by Crippen LogP contribution is 2.37. The van der Waals surface area contributed by atoms with E-state index in [2.05, 4.69) is 20.9 Å². The van der Waals surface area contributed by atoms with E-state index in [1.54, 1.807) is 0 Å². The molecule has 1 saturated carbocycles. The minimum Gasteiger partial charge on any atom is -0.357 e. The van der Waals surface area contributed by atoms with Crippen LogP contribution in [0, 0.1) is 11.8 Å². The Balaban J connectivity index is 0.00000576. The number of amides is 1. The van der Waals surface area contributed by atoms with Crippen LogP contribution in [0.5, 0.6) is 0 Å². The number of carbonyl (C=O) groups excluding carboxylic acids is 1. The van der Waals surface area contributed by atoms with E-state index in [1.807, 2.05) is 20.8 Å². The van der Waals surface area contributed by atoms with Crippen molar-refractivity contribution in [1.29, 1.82) is 0 Å². The van der Waals surface area contributed by atoms with E-state index < -0.39 is 12.1 Å². The standard InChI is InChI=1S/C16H29F3N4O.HI/c1-4-20-15(22-9-8-21-14(24)11(2)3)23-13-7-5-6-12(10-13)16(17,18)19;/h11-13H,4-10H2,1-3H3,(H,21,24)(H2,20,22,23);1H. The third-order valence-electron chi connectivity index (χ3n) is 4.03. The maximum atomic E-state index is 12.9. The van der Waals surface area contributed by atoms with Gasteiger partial charge >= 0.3 is 6.18 Å². The molecule has 2 atom stereocenters. The summed E-state index contributed by atoms with van der Waals surface area (Å²) in [5, 5.41) is 8.90. The SMILES string of the molecule is CCNC(=NCCNC(=O)C(C)C)NC1CCCC(C(F)(F)F)C1.I. The number of hydrogen-bond acceptors (Lipinski definition) is 2. The average Bonchev–Trinajstić information content (AvgIpc) is 2.50. The quantitative estimate of drug-likeness (QED) is 0.238. The molecule has 1 amide bonds. The molecule has 0 bridgehead atoms. The lowest BCUT2D eigenvalue weighted by atomic mass is 9.85. The maximum absolute atomic E-state index is 12.9. The smallest absolute Gasteiger partial charge is 0.357 e. The monoisotopic (exact) mass is 478 g/mol. The second-order valence-corrected chi connectivity index (χ2v) is 6.45. The molecular formula is C16H30F3IN4O. The van der Waals surface area contributed by atoms with Crippen molar-refractivity contribution < 1.29 is 18.0 Å². The van der Waals surface area contributed by atoms with Gasteiger partial charge in [0.25, 0.3) is 0 Å². The number of nitrogens with one attached hydrogen (secondary N) is 3. The molecule has 0 heterocycles. The minimum atomic E-state index is -4.13. The summed E-state index contributed by atoms with van der Waals surface area (Å²) in [7, 11) is 0. The van der Waals surface area contributed by atoms with Gasteiger partial charge in [0.2, 0.25) is 5.91 Å². The molecular weight excluding hydrogens is 448 g/mol. The maximum Gasteiger partial charge on any atom is 0.391 e. The number of hydrogen-bond donors (Lipinski definition) is 3. The first-order valence-corrected chi connectivity index (χ1v) is 8.63. The summed E-state index contributed by atoms with van der Waals surface area (Å²) in [5.74, 6) is -0.855. The van der Waals surface area contributed by atoms with Crippen molar-refractivity contribution in [3.05, 3.63) is 0 Å². The van der Waals surface area contributed by atoms with Crippen LogP contribution in [0.4, 0.5) is 13.2 Å². The second kappa shape index (κ2) is 11.8. The van der Waals surface area contributed by atoms with Gasteiger partial charge in [-0.2, -0.15) is 13.2 Å². The van der Waals surface area contributed by atoms with Gasteiger partial charge < -0.3 is 16.0 Å². The Kier molecular flexibility index (Phi) is 11.4. The molecule has 9 heteroatoms. The van der Waals surface area contributed by atoms with Gasteiger partial charge in [-0.25, -0.2) is 0 Å². The normalized spacial score (nSPS) is 21.5. The molecule has 0 aliphatic heterocycles. The molecule has 2 unspecified atom stereocenters. The van der Waals surface area contributed by atoms with Crippen LogP contribution in [-0.2, 0) is 4.79 Å². The molecule has 0 saturated heterocycles. The lowest BCUT2D eigenvalue weighted by Gasteiger charge is -2.31. The Morgan fingerprint density at radius 2 is 1.92 bits per heavy atom. The fraction of sp³-hybridized carbons (Fsp3) is 0.875. The molecule has 5 nitrogen and oxygen atoms in total. The van der Waals surface area contributed by atoms with E-state index >= 15 is 0 Å². The summed E-state index contributed by atoms with van der Waals surface area (Å²) < 4.78 is 38.6. The second-order valence-electron chi connectivity index (χ2n) is 6.45. The third-order valence-corrected chi connectivity index (χ3v) is 4.03. The summed E-state index contributed by atoms with van der Waals surface area (Å²) in [5.41, 5.74) is 0. The van der Waals surface area contributed by atoms with Gasteiger partial charge in [0.1, 0.15) is 0 Å². The van der Waals surface area contributed by atoms with Crippen LogP contribution >= 0.6 is 24.0 Å². The number of carbonyl (C=O) groups is 1. The van der Waals surface area contributed by atoms with E-state index in [1.165, 1.54) is 0 Å². The molecule has 1 fully saturated rings. The first kappa shape index (κ1) is 24.3. The molecule has 1 aliphatic rings. The molecule has 25 heavy (non-hydrogen) atoms. The number of alkyl halides is 3. The van der Waals surface area contributed by atoms with Crippen LogP contribution in [0.2, 0.25) is 0 Å². The van der Waals surface area contributed by atoms with Crippen LogP contribution in [0.3, 0.4) is 0 Å². The summed E-state index contributed by atoms with van der Waals surface area (Å²) in [4.78, 5) is 15.8. The summed E-state index contributed by atoms with van der Waals surface area (Å²) >= 11 is 0. The Morgan fingerprint density at radius 1 is 1.24 bits per heavy atom. The van der Waals surface area contributed by atoms with E-state index in [0.717, 1.165) is 0 Å². The Morgan fingerprint density at radius 3 is 2.48 bits per heavy atom. The fourth-order valence-corrected chi connectivity index (χ4v) is 2.68. The average molecular weight is 478 g/mol. The van der Waals surface area contributed by atoms with Gasteiger partial charge in [-0.1, -0.05) is 20.3 Å². The fourth-order valence-electron chi connectivity index (χ4n) is 2.68. The number of rotatable bonds is 6. The highest BCUT2D eigenvalue weighted by Gasteiger charge is 2.42. The first-order chi connectivity index (χ1) is 11.2. The minimum absolute atomic E-state index is 0. The van der Waals surface area contributed by atoms with Crippen molar-refractivity contribution in [3.63, 3.8) is 0 Å². The topological polar surface area (TPSA) is 65.5 Å². The van der Waals surface area contributed by atoms with E-state index in [0.29, 0.717) is 38.4 Å². The van der Waals surface area contributed by atoms with Crippen LogP contribution in [0.1, 0.15) is 46.5 Å². The predicted molar refractivity (Wildman–Crippen MR) is 104 cm³/mol. The Labute approximate surface area is 165 Å². The molecule has 0 radical (unpaired) electrons. The molecule has 3 N–H and O–H groups in total. The highest BCUT2D eigenvalue weighted by atomic mass is 127. The summed E-state index contributed by atoms with van der Waals surface area (Å²) in [6, 6.07) is -0.228. The van der Waals surface area contributed by atoms with Crippen molar-refractivity contribution in [1.82, 2.24) is 16.0 Å². The van der Waals surface area contributed by atoms with Gasteiger partial charge in [-0.15, -0.1) is 24.0 Å². The number of halogens is 4. The zero-order valence-corrected chi connectivity index (χ0v) is 17.4. The zero-order valence-electron chi connectivity index (χ0n) is 15.1. The number of nitrogens with zero attached hydrogens (tertiary/aromatic N) is 1. The molecule has 0 aromatic carbocycles. The van der Waals surface area contributed by atoms with Crippen molar-refractivity contribution >= 4 is 35.8 Å². The summed E-state index contributed by atoms with van der Waals surface area (Å²) in [6.45, 7) is 6.93. The molecule has 148 valence electrons. The lowest BCUT2D eigenvalue weighted by molar-refractivity contribution is -0.183. The Bertz CT molecular complexity index is 430. The van der Waals surface area contributed by atoms with E-state index in [9.17, 15) is 18.0 Å². The predicted octanol–water partition coefficient (Wildman–Crippen LogP) is 3.05. The molecule has 0 spiro atoms. The lowest BCUT2D eigenvalue weighted by Crippen LogP contribution is -2.47. The van der Waals surface area contributed by atoms with E-state index in [-0.39, 0.29) is 54.7 Å². The van der Waals surface area contributed by atoms with Crippen LogP contribution in [0.25, 0.3) is 0 Å². The van der Waals surface area contributed by atoms with Crippen molar-refractivity contribution in [3.8, 4) is 0 Å². The molecule has 1 rings (SSSR count). The van der Waals surface area contributed by atoms with Crippen LogP contribution in [-0.4, -0.2) is 43.7 Å². The van der Waals surface area contributed by atoms with Crippen molar-refractivity contribution in [2.24, 2.45) is 16.8 Å².